The number of amides is 1. The maximum absolute atomic E-state index is 14.1. The van der Waals surface area contributed by atoms with E-state index in [1.54, 1.807) is 52.0 Å². The molecule has 1 amide bonds. The van der Waals surface area contributed by atoms with Crippen molar-refractivity contribution in [3.63, 3.8) is 0 Å². The van der Waals surface area contributed by atoms with Gasteiger partial charge in [-0.2, -0.15) is 4.98 Å². The maximum atomic E-state index is 14.1. The van der Waals surface area contributed by atoms with Crippen LogP contribution in [0.1, 0.15) is 47.0 Å². The summed E-state index contributed by atoms with van der Waals surface area (Å²) in [6.07, 6.45) is 1.44. The summed E-state index contributed by atoms with van der Waals surface area (Å²) >= 11 is 0. The van der Waals surface area contributed by atoms with E-state index in [2.05, 4.69) is 21.9 Å². The second-order valence-electron chi connectivity index (χ2n) is 12.6. The molecule has 5 rings (SSSR count). The van der Waals surface area contributed by atoms with Crippen LogP contribution in [0.3, 0.4) is 0 Å². The van der Waals surface area contributed by atoms with Crippen molar-refractivity contribution < 1.29 is 42.1 Å². The minimum absolute atomic E-state index is 0.00529. The van der Waals surface area contributed by atoms with Crippen LogP contribution in [0.25, 0.3) is 22.3 Å². The smallest absolute Gasteiger partial charge is 0.332 e. The van der Waals surface area contributed by atoms with Gasteiger partial charge < -0.3 is 24.3 Å². The van der Waals surface area contributed by atoms with Crippen molar-refractivity contribution in [2.45, 2.75) is 64.2 Å². The van der Waals surface area contributed by atoms with Crippen LogP contribution in [-0.4, -0.2) is 58.8 Å². The van der Waals surface area contributed by atoms with Gasteiger partial charge in [-0.15, -0.1) is 6.58 Å². The van der Waals surface area contributed by atoms with Crippen LogP contribution in [0.5, 0.6) is 11.6 Å². The van der Waals surface area contributed by atoms with E-state index in [-0.39, 0.29) is 42.6 Å². The number of methoxy groups -OCH3 is 1. The molecule has 1 N–H and O–H groups in total. The van der Waals surface area contributed by atoms with E-state index in [1.807, 2.05) is 0 Å². The first-order valence-electron chi connectivity index (χ1n) is 15.1. The topological polar surface area (TPSA) is 126 Å². The number of benzene rings is 2. The number of hydrogen-bond donors (Lipinski definition) is 1. The molecule has 3 aromatic rings. The third-order valence-corrected chi connectivity index (χ3v) is 8.12. The van der Waals surface area contributed by atoms with E-state index >= 15 is 0 Å². The highest BCUT2D eigenvalue weighted by Crippen LogP contribution is 2.47. The molecule has 1 heterocycles. The molecule has 0 aliphatic heterocycles. The lowest BCUT2D eigenvalue weighted by Crippen LogP contribution is -2.49. The Morgan fingerprint density at radius 1 is 1.07 bits per heavy atom. The fourth-order valence-electron chi connectivity index (χ4n) is 5.86. The molecule has 1 aromatic heterocycles. The van der Waals surface area contributed by atoms with Crippen LogP contribution < -0.4 is 14.8 Å². The molecule has 2 aromatic carbocycles. The fraction of sp³-hybridized carbons (Fsp3) is 0.441. The first kappa shape index (κ1) is 32.8. The molecule has 2 saturated carbocycles. The van der Waals surface area contributed by atoms with Crippen molar-refractivity contribution in [2.24, 2.45) is 17.8 Å². The molecule has 2 fully saturated rings. The van der Waals surface area contributed by atoms with Gasteiger partial charge in [-0.1, -0.05) is 6.08 Å². The van der Waals surface area contributed by atoms with Gasteiger partial charge in [0.25, 0.3) is 0 Å². The Hall–Kier alpha value is -4.61. The van der Waals surface area contributed by atoms with E-state index < -0.39 is 58.6 Å². The molecule has 0 spiro atoms. The van der Waals surface area contributed by atoms with Crippen molar-refractivity contribution >= 4 is 28.7 Å². The highest BCUT2D eigenvalue weighted by atomic mass is 19.1. The predicted molar refractivity (Wildman–Crippen MR) is 164 cm³/mol. The van der Waals surface area contributed by atoms with Crippen LogP contribution in [0.4, 0.5) is 8.78 Å². The zero-order chi connectivity index (χ0) is 33.4. The summed E-state index contributed by atoms with van der Waals surface area (Å²) in [6, 6.07) is 7.98. The van der Waals surface area contributed by atoms with Crippen molar-refractivity contribution in [1.82, 2.24) is 15.3 Å². The Kier molecular flexibility index (Phi) is 9.01. The number of carbonyl (C=O) groups excluding carboxylic acids is 3. The van der Waals surface area contributed by atoms with Crippen molar-refractivity contribution in [1.29, 1.82) is 0 Å². The number of ether oxygens (including phenoxy) is 4. The first-order valence-corrected chi connectivity index (χ1v) is 15.1. The highest BCUT2D eigenvalue weighted by Gasteiger charge is 2.62. The summed E-state index contributed by atoms with van der Waals surface area (Å²) < 4.78 is 50.9. The fourth-order valence-corrected chi connectivity index (χ4v) is 5.86. The van der Waals surface area contributed by atoms with E-state index in [0.29, 0.717) is 23.1 Å². The van der Waals surface area contributed by atoms with Gasteiger partial charge in [-0.3, -0.25) is 9.59 Å². The lowest BCUT2D eigenvalue weighted by molar-refractivity contribution is -0.163. The first-order chi connectivity index (χ1) is 21.8. The van der Waals surface area contributed by atoms with Crippen molar-refractivity contribution in [3.8, 4) is 23.0 Å². The van der Waals surface area contributed by atoms with Crippen LogP contribution in [0.15, 0.2) is 49.1 Å². The quantitative estimate of drug-likeness (QED) is 0.232. The molecule has 10 nitrogen and oxygen atoms in total. The molecule has 0 saturated heterocycles. The van der Waals surface area contributed by atoms with E-state index in [9.17, 15) is 23.2 Å². The summed E-state index contributed by atoms with van der Waals surface area (Å²) in [7, 11) is 1.49. The van der Waals surface area contributed by atoms with Gasteiger partial charge in [0.15, 0.2) is 5.82 Å². The molecular formula is C34H37F2N3O7. The largest absolute Gasteiger partial charge is 0.497 e. The number of fused-ring (bicyclic) bond motifs is 1. The maximum Gasteiger partial charge on any atom is 0.332 e. The van der Waals surface area contributed by atoms with Crippen LogP contribution in [0.2, 0.25) is 0 Å². The van der Waals surface area contributed by atoms with Gasteiger partial charge >= 0.3 is 11.9 Å². The SMILES string of the molecule is C=CC1CC1(NC(=O)C1CC(Oc2nc(-c3cc(F)cc(F)c3)nc3cc(OC)ccc23)CC1C(=O)OC(C)(C)C)C(=O)OCC. The number of esters is 2. The van der Waals surface area contributed by atoms with Crippen LogP contribution in [-0.2, 0) is 23.9 Å². The second-order valence-corrected chi connectivity index (χ2v) is 12.6. The lowest BCUT2D eigenvalue weighted by atomic mass is 9.94. The van der Waals surface area contributed by atoms with Crippen molar-refractivity contribution in [3.05, 3.63) is 60.7 Å². The van der Waals surface area contributed by atoms with Gasteiger partial charge in [-0.05, 0) is 71.2 Å². The van der Waals surface area contributed by atoms with Gasteiger partial charge in [0, 0.05) is 23.6 Å². The molecule has 12 heteroatoms. The van der Waals surface area contributed by atoms with Gasteiger partial charge in [-0.25, -0.2) is 18.6 Å². The molecule has 2 aliphatic rings. The summed E-state index contributed by atoms with van der Waals surface area (Å²) in [5.74, 6) is -4.75. The molecule has 5 atom stereocenters. The number of aromatic nitrogens is 2. The molecule has 0 bridgehead atoms. The molecule has 46 heavy (non-hydrogen) atoms. The molecule has 5 unspecified atom stereocenters. The highest BCUT2D eigenvalue weighted by molar-refractivity contribution is 5.94. The van der Waals surface area contributed by atoms with E-state index in [4.69, 9.17) is 18.9 Å². The number of nitrogens with one attached hydrogen (secondary N) is 1. The average Bonchev–Trinajstić information content (AvgIpc) is 3.54. The summed E-state index contributed by atoms with van der Waals surface area (Å²) in [5, 5.41) is 3.33. The standard InChI is InChI=1S/C34H37F2N3O7/c1-7-19-17-34(19,32(42)44-8-2)39-29(40)25-14-23(15-26(25)31(41)46-33(3,4)5)45-30-24-10-9-22(43-6)16-27(24)37-28(38-30)18-11-20(35)13-21(36)12-18/h7,9-13,16,19,23,25-26H,1,8,14-15,17H2,2-6H3,(H,39,40). The molecule has 244 valence electrons. The number of hydrogen-bond acceptors (Lipinski definition) is 9. The third kappa shape index (κ3) is 6.80. The van der Waals surface area contributed by atoms with Gasteiger partial charge in [0.05, 0.1) is 36.5 Å². The Labute approximate surface area is 265 Å². The Morgan fingerprint density at radius 3 is 2.37 bits per heavy atom. The normalized spacial score (nSPS) is 23.8. The Bertz CT molecular complexity index is 1670. The third-order valence-electron chi connectivity index (χ3n) is 8.12. The number of carbonyl (C=O) groups is 3. The lowest BCUT2D eigenvalue weighted by Gasteiger charge is -2.25. The average molecular weight is 638 g/mol. The van der Waals surface area contributed by atoms with Crippen LogP contribution in [0, 0.1) is 29.4 Å². The van der Waals surface area contributed by atoms with Gasteiger partial charge in [0.1, 0.15) is 34.6 Å². The number of halogens is 2. The molecule has 2 aliphatic carbocycles. The molecule has 0 radical (unpaired) electrons. The summed E-state index contributed by atoms with van der Waals surface area (Å²) in [6.45, 7) is 10.8. The Morgan fingerprint density at radius 2 is 1.76 bits per heavy atom. The zero-order valence-corrected chi connectivity index (χ0v) is 26.4. The second kappa shape index (κ2) is 12.6. The van der Waals surface area contributed by atoms with E-state index in [1.165, 1.54) is 7.11 Å². The van der Waals surface area contributed by atoms with Gasteiger partial charge in [0.2, 0.25) is 11.8 Å². The van der Waals surface area contributed by atoms with E-state index in [0.717, 1.165) is 18.2 Å². The number of rotatable bonds is 10. The summed E-state index contributed by atoms with van der Waals surface area (Å²) in [5.41, 5.74) is -1.58. The Balaban J connectivity index is 1.48. The summed E-state index contributed by atoms with van der Waals surface area (Å²) in [4.78, 5) is 49.1. The zero-order valence-electron chi connectivity index (χ0n) is 26.4. The van der Waals surface area contributed by atoms with Crippen LogP contribution >= 0.6 is 0 Å². The minimum Gasteiger partial charge on any atom is -0.497 e. The van der Waals surface area contributed by atoms with Crippen molar-refractivity contribution in [2.75, 3.05) is 13.7 Å². The number of nitrogens with zero attached hydrogens (tertiary/aromatic N) is 2. The monoisotopic (exact) mass is 637 g/mol. The minimum atomic E-state index is -1.25. The molecular weight excluding hydrogens is 600 g/mol. The predicted octanol–water partition coefficient (Wildman–Crippen LogP) is 5.32.